The molecule has 2 rings (SSSR count). The second-order valence-corrected chi connectivity index (χ2v) is 6.50. The van der Waals surface area contributed by atoms with Crippen LogP contribution in [0.4, 0.5) is 15.3 Å². The Morgan fingerprint density at radius 1 is 1.17 bits per heavy atom. The van der Waals surface area contributed by atoms with E-state index in [0.717, 1.165) is 22.3 Å². The van der Waals surface area contributed by atoms with Gasteiger partial charge in [-0.2, -0.15) is 0 Å². The third-order valence-electron chi connectivity index (χ3n) is 3.40. The fourth-order valence-electron chi connectivity index (χ4n) is 2.23. The van der Waals surface area contributed by atoms with Crippen LogP contribution >= 0.6 is 0 Å². The molecule has 1 aromatic carbocycles. The fraction of sp³-hybridized carbons (Fsp3) is 0.438. The van der Waals surface area contributed by atoms with Crippen LogP contribution in [0.15, 0.2) is 39.6 Å². The number of imide groups is 1. The lowest BCUT2D eigenvalue weighted by molar-refractivity contribution is -0.870. The first-order valence-corrected chi connectivity index (χ1v) is 7.66. The molecule has 8 nitrogen and oxygen atoms in total. The number of urea groups is 2. The van der Waals surface area contributed by atoms with Gasteiger partial charge in [0.25, 0.3) is 0 Å². The predicted molar refractivity (Wildman–Crippen MR) is 90.2 cm³/mol. The van der Waals surface area contributed by atoms with Gasteiger partial charge in [-0.15, -0.1) is 0 Å². The topological polar surface area (TPSA) is 83.7 Å². The van der Waals surface area contributed by atoms with Gasteiger partial charge in [0.15, 0.2) is 0 Å². The summed E-state index contributed by atoms with van der Waals surface area (Å²) in [5.74, 6) is 0. The minimum absolute atomic E-state index is 0.397. The second kappa shape index (κ2) is 7.31. The number of quaternary nitrogens is 1. The summed E-state index contributed by atoms with van der Waals surface area (Å²) in [6.45, 7) is 3.24. The Bertz CT molecular complexity index is 673. The number of para-hydroxylation sites is 1. The Morgan fingerprint density at radius 3 is 2.42 bits per heavy atom. The van der Waals surface area contributed by atoms with Gasteiger partial charge in [-0.1, -0.05) is 33.6 Å². The lowest BCUT2D eigenvalue weighted by Gasteiger charge is -2.23. The highest BCUT2D eigenvalue weighted by molar-refractivity contribution is 6.20. The van der Waals surface area contributed by atoms with Gasteiger partial charge in [-0.3, -0.25) is 0 Å². The van der Waals surface area contributed by atoms with Crippen molar-refractivity contribution in [1.29, 1.82) is 0 Å². The zero-order valence-corrected chi connectivity index (χ0v) is 14.4. The van der Waals surface area contributed by atoms with E-state index in [-0.39, 0.29) is 0 Å². The number of amides is 4. The lowest BCUT2D eigenvalue weighted by Crippen LogP contribution is -2.35. The van der Waals surface area contributed by atoms with E-state index < -0.39 is 12.1 Å². The van der Waals surface area contributed by atoms with Crippen molar-refractivity contribution >= 4 is 23.5 Å². The molecule has 0 saturated heterocycles. The highest BCUT2D eigenvalue weighted by Gasteiger charge is 2.31. The standard InChI is InChI=1S/C16H22N5O3/c1-12(19-24-11-7-10-21(2,3)4)13-8-5-6-9-14(13)20-15(22)17-18-16(20)23/h5-6,8-9H,7,10-11H2,1-4H3/q+1. The third kappa shape index (κ3) is 4.45. The summed E-state index contributed by atoms with van der Waals surface area (Å²) in [5.41, 5.74) is 1.59. The number of anilines is 1. The normalized spacial score (nSPS) is 15.3. The predicted octanol–water partition coefficient (Wildman–Crippen LogP) is 3.04. The quantitative estimate of drug-likeness (QED) is 0.333. The van der Waals surface area contributed by atoms with E-state index in [4.69, 9.17) is 4.84 Å². The fourth-order valence-corrected chi connectivity index (χ4v) is 2.23. The maximum atomic E-state index is 11.7. The van der Waals surface area contributed by atoms with Crippen molar-refractivity contribution in [3.8, 4) is 0 Å². The minimum atomic E-state index is -0.705. The zero-order valence-electron chi connectivity index (χ0n) is 14.4. The molecule has 0 aliphatic carbocycles. The number of carbonyl (C=O) groups excluding carboxylic acids is 2. The first-order valence-electron chi connectivity index (χ1n) is 7.66. The molecule has 0 unspecified atom stereocenters. The molecule has 8 heteroatoms. The van der Waals surface area contributed by atoms with Crippen LogP contribution in [0.5, 0.6) is 0 Å². The van der Waals surface area contributed by atoms with Crippen molar-refractivity contribution in [2.75, 3.05) is 39.2 Å². The van der Waals surface area contributed by atoms with E-state index in [0.29, 0.717) is 23.6 Å². The number of nitrogens with zero attached hydrogens (tertiary/aromatic N) is 5. The number of hydrogen-bond donors (Lipinski definition) is 0. The molecule has 0 N–H and O–H groups in total. The van der Waals surface area contributed by atoms with Crippen LogP contribution in [0.1, 0.15) is 18.9 Å². The number of hydrogen-bond acceptors (Lipinski definition) is 4. The Labute approximate surface area is 141 Å². The SMILES string of the molecule is CC(=NOCCC[N+](C)(C)C)c1ccccc1N1C(=O)N=NC1=O. The molecule has 0 bridgehead atoms. The molecule has 1 heterocycles. The van der Waals surface area contributed by atoms with Crippen LogP contribution in [0, 0.1) is 0 Å². The largest absolute Gasteiger partial charge is 0.395 e. The van der Waals surface area contributed by atoms with Crippen molar-refractivity contribution in [2.45, 2.75) is 13.3 Å². The van der Waals surface area contributed by atoms with Crippen LogP contribution in [0.3, 0.4) is 0 Å². The van der Waals surface area contributed by atoms with E-state index in [9.17, 15) is 9.59 Å². The summed E-state index contributed by atoms with van der Waals surface area (Å²) in [4.78, 5) is 29.7. The maximum absolute atomic E-state index is 11.7. The Morgan fingerprint density at radius 2 is 1.79 bits per heavy atom. The average molecular weight is 332 g/mol. The molecule has 24 heavy (non-hydrogen) atoms. The van der Waals surface area contributed by atoms with Crippen molar-refractivity contribution < 1.29 is 18.9 Å². The summed E-state index contributed by atoms with van der Waals surface area (Å²) < 4.78 is 0.862. The number of carbonyl (C=O) groups is 2. The van der Waals surface area contributed by atoms with Gasteiger partial charge in [-0.05, 0) is 13.0 Å². The van der Waals surface area contributed by atoms with E-state index in [1.165, 1.54) is 0 Å². The summed E-state index contributed by atoms with van der Waals surface area (Å²) in [5, 5.41) is 10.6. The van der Waals surface area contributed by atoms with E-state index in [2.05, 4.69) is 36.5 Å². The van der Waals surface area contributed by atoms with Gasteiger partial charge < -0.3 is 9.32 Å². The number of azo groups is 1. The van der Waals surface area contributed by atoms with Crippen LogP contribution in [0.2, 0.25) is 0 Å². The lowest BCUT2D eigenvalue weighted by atomic mass is 10.1. The monoisotopic (exact) mass is 332 g/mol. The number of oxime groups is 1. The van der Waals surface area contributed by atoms with Crippen LogP contribution in [-0.2, 0) is 4.84 Å². The molecule has 0 atom stereocenters. The van der Waals surface area contributed by atoms with Gasteiger partial charge in [0.05, 0.1) is 39.1 Å². The van der Waals surface area contributed by atoms with Crippen molar-refractivity contribution in [1.82, 2.24) is 0 Å². The molecule has 4 amide bonds. The van der Waals surface area contributed by atoms with E-state index in [1.54, 1.807) is 31.2 Å². The summed E-state index contributed by atoms with van der Waals surface area (Å²) in [6, 6.07) is 5.54. The molecular weight excluding hydrogens is 310 g/mol. The maximum Gasteiger partial charge on any atom is 0.375 e. The molecule has 1 aromatic rings. The zero-order chi connectivity index (χ0) is 17.7. The van der Waals surface area contributed by atoms with Gasteiger partial charge >= 0.3 is 12.1 Å². The van der Waals surface area contributed by atoms with Crippen LogP contribution in [-0.4, -0.2) is 56.6 Å². The average Bonchev–Trinajstić information content (AvgIpc) is 2.84. The first-order chi connectivity index (χ1) is 11.3. The van der Waals surface area contributed by atoms with Crippen LogP contribution in [0.25, 0.3) is 0 Å². The number of benzene rings is 1. The Hall–Kier alpha value is -2.61. The molecule has 1 aliphatic heterocycles. The molecular formula is C16H22N5O3+. The van der Waals surface area contributed by atoms with Crippen molar-refractivity contribution in [2.24, 2.45) is 15.4 Å². The summed E-state index contributed by atoms with van der Waals surface area (Å²) >= 11 is 0. The Balaban J connectivity index is 2.07. The highest BCUT2D eigenvalue weighted by Crippen LogP contribution is 2.25. The van der Waals surface area contributed by atoms with Gasteiger partial charge in [0, 0.05) is 12.0 Å². The van der Waals surface area contributed by atoms with E-state index >= 15 is 0 Å². The summed E-state index contributed by atoms with van der Waals surface area (Å²) in [6.07, 6.45) is 0.878. The molecule has 1 aliphatic rings. The van der Waals surface area contributed by atoms with E-state index in [1.807, 2.05) is 0 Å². The molecule has 0 fully saturated rings. The second-order valence-electron chi connectivity index (χ2n) is 6.50. The van der Waals surface area contributed by atoms with Gasteiger partial charge in [0.1, 0.15) is 6.61 Å². The molecule has 0 saturated carbocycles. The van der Waals surface area contributed by atoms with Crippen LogP contribution < -0.4 is 4.90 Å². The third-order valence-corrected chi connectivity index (χ3v) is 3.40. The first kappa shape index (κ1) is 17.7. The minimum Gasteiger partial charge on any atom is -0.395 e. The number of rotatable bonds is 7. The molecule has 0 radical (unpaired) electrons. The van der Waals surface area contributed by atoms with Crippen molar-refractivity contribution in [3.63, 3.8) is 0 Å². The highest BCUT2D eigenvalue weighted by atomic mass is 16.6. The molecule has 0 spiro atoms. The summed E-state index contributed by atoms with van der Waals surface area (Å²) in [7, 11) is 6.35. The Kier molecular flexibility index (Phi) is 5.40. The molecule has 0 aromatic heterocycles. The van der Waals surface area contributed by atoms with Gasteiger partial charge in [-0.25, -0.2) is 14.5 Å². The van der Waals surface area contributed by atoms with Crippen molar-refractivity contribution in [3.05, 3.63) is 29.8 Å². The van der Waals surface area contributed by atoms with Gasteiger partial charge in [0.2, 0.25) is 0 Å². The molecule has 128 valence electrons. The smallest absolute Gasteiger partial charge is 0.375 e.